The molecule has 0 spiro atoms. The normalized spacial score (nSPS) is 10.5. The Kier molecular flexibility index (Phi) is 4.27. The fourth-order valence-corrected chi connectivity index (χ4v) is 2.14. The van der Waals surface area contributed by atoms with Crippen molar-refractivity contribution in [3.8, 4) is 0 Å². The van der Waals surface area contributed by atoms with E-state index in [9.17, 15) is 4.39 Å². The Morgan fingerprint density at radius 1 is 1.16 bits per heavy atom. The minimum atomic E-state index is -0.238. The molecule has 0 saturated heterocycles. The summed E-state index contributed by atoms with van der Waals surface area (Å²) >= 11 is 5.91. The molecule has 0 radical (unpaired) electrons. The van der Waals surface area contributed by atoms with Crippen LogP contribution in [0.5, 0.6) is 0 Å². The van der Waals surface area contributed by atoms with Crippen LogP contribution in [0.15, 0.2) is 42.5 Å². The highest BCUT2D eigenvalue weighted by molar-refractivity contribution is 6.30. The predicted molar refractivity (Wildman–Crippen MR) is 79.0 cm³/mol. The average Bonchev–Trinajstić information content (AvgIpc) is 2.41. The second kappa shape index (κ2) is 5.93. The first kappa shape index (κ1) is 13.7. The van der Waals surface area contributed by atoms with E-state index in [1.807, 2.05) is 31.2 Å². The highest BCUT2D eigenvalue weighted by Gasteiger charge is 2.09. The van der Waals surface area contributed by atoms with Crippen molar-refractivity contribution in [1.82, 2.24) is 0 Å². The third-order valence-electron chi connectivity index (χ3n) is 3.01. The average molecular weight is 279 g/mol. The largest absolute Gasteiger partial charge is 0.399 e. The van der Waals surface area contributed by atoms with Crippen LogP contribution in [0.25, 0.3) is 0 Å². The number of hydrogen-bond acceptors (Lipinski definition) is 2. The van der Waals surface area contributed by atoms with Gasteiger partial charge in [0.1, 0.15) is 5.82 Å². The van der Waals surface area contributed by atoms with E-state index in [2.05, 4.69) is 4.90 Å². The van der Waals surface area contributed by atoms with Gasteiger partial charge < -0.3 is 10.6 Å². The molecule has 0 saturated carbocycles. The van der Waals surface area contributed by atoms with Crippen LogP contribution >= 0.6 is 11.6 Å². The Labute approximate surface area is 117 Å². The summed E-state index contributed by atoms with van der Waals surface area (Å²) in [5, 5.41) is 0.546. The van der Waals surface area contributed by atoms with E-state index < -0.39 is 0 Å². The summed E-state index contributed by atoms with van der Waals surface area (Å²) in [4.78, 5) is 2.06. The van der Waals surface area contributed by atoms with Gasteiger partial charge in [-0.1, -0.05) is 11.6 Å². The monoisotopic (exact) mass is 278 g/mol. The lowest BCUT2D eigenvalue weighted by molar-refractivity contribution is 0.605. The number of benzene rings is 2. The molecule has 19 heavy (non-hydrogen) atoms. The quantitative estimate of drug-likeness (QED) is 0.854. The van der Waals surface area contributed by atoms with Gasteiger partial charge in [0.05, 0.1) is 0 Å². The second-order valence-electron chi connectivity index (χ2n) is 4.34. The Balaban J connectivity index is 2.23. The standard InChI is InChI=1S/C15H16ClFN2/c1-2-19(14-6-4-13(18)5-7-14)10-11-9-12(16)3-8-15(11)17/h3-9H,2,10,18H2,1H3. The summed E-state index contributed by atoms with van der Waals surface area (Å²) < 4.78 is 13.7. The minimum absolute atomic E-state index is 0.238. The Morgan fingerprint density at radius 2 is 1.84 bits per heavy atom. The van der Waals surface area contributed by atoms with Gasteiger partial charge in [0, 0.05) is 35.1 Å². The van der Waals surface area contributed by atoms with Crippen LogP contribution in [-0.4, -0.2) is 6.54 Å². The Bertz CT molecular complexity index is 555. The number of nitrogens with zero attached hydrogens (tertiary/aromatic N) is 1. The summed E-state index contributed by atoms with van der Waals surface area (Å²) in [7, 11) is 0. The first-order valence-corrected chi connectivity index (χ1v) is 6.52. The van der Waals surface area contributed by atoms with Gasteiger partial charge in [-0.15, -0.1) is 0 Å². The molecule has 0 atom stereocenters. The van der Waals surface area contributed by atoms with Gasteiger partial charge in [0.2, 0.25) is 0 Å². The predicted octanol–water partition coefficient (Wildman–Crippen LogP) is 4.09. The maximum absolute atomic E-state index is 13.7. The summed E-state index contributed by atoms with van der Waals surface area (Å²) in [6.45, 7) is 3.28. The molecule has 2 nitrogen and oxygen atoms in total. The molecule has 0 bridgehead atoms. The highest BCUT2D eigenvalue weighted by Crippen LogP contribution is 2.21. The molecular weight excluding hydrogens is 263 g/mol. The van der Waals surface area contributed by atoms with Crippen LogP contribution in [0.2, 0.25) is 5.02 Å². The van der Waals surface area contributed by atoms with Crippen molar-refractivity contribution < 1.29 is 4.39 Å². The molecule has 0 aliphatic rings. The molecule has 2 aromatic carbocycles. The van der Waals surface area contributed by atoms with E-state index in [1.54, 1.807) is 12.1 Å². The van der Waals surface area contributed by atoms with Crippen molar-refractivity contribution in [3.63, 3.8) is 0 Å². The fraction of sp³-hybridized carbons (Fsp3) is 0.200. The van der Waals surface area contributed by atoms with E-state index in [-0.39, 0.29) is 5.82 Å². The van der Waals surface area contributed by atoms with Gasteiger partial charge in [-0.2, -0.15) is 0 Å². The molecule has 2 aromatic rings. The van der Waals surface area contributed by atoms with Crippen LogP contribution < -0.4 is 10.6 Å². The molecule has 0 amide bonds. The zero-order valence-electron chi connectivity index (χ0n) is 10.7. The minimum Gasteiger partial charge on any atom is -0.399 e. The third-order valence-corrected chi connectivity index (χ3v) is 3.24. The summed E-state index contributed by atoms with van der Waals surface area (Å²) in [5.41, 5.74) is 7.98. The molecule has 0 heterocycles. The van der Waals surface area contributed by atoms with Crippen molar-refractivity contribution in [2.45, 2.75) is 13.5 Å². The zero-order chi connectivity index (χ0) is 13.8. The van der Waals surface area contributed by atoms with E-state index in [0.29, 0.717) is 22.8 Å². The third kappa shape index (κ3) is 3.38. The number of nitrogen functional groups attached to an aromatic ring is 1. The number of rotatable bonds is 4. The molecule has 4 heteroatoms. The number of anilines is 2. The van der Waals surface area contributed by atoms with E-state index in [1.165, 1.54) is 6.07 Å². The van der Waals surface area contributed by atoms with Crippen molar-refractivity contribution in [2.75, 3.05) is 17.2 Å². The van der Waals surface area contributed by atoms with Crippen LogP contribution in [0, 0.1) is 5.82 Å². The molecule has 0 aromatic heterocycles. The number of halogens is 2. The topological polar surface area (TPSA) is 29.3 Å². The molecule has 0 unspecified atom stereocenters. The first-order chi connectivity index (χ1) is 9.10. The van der Waals surface area contributed by atoms with Gasteiger partial charge in [-0.05, 0) is 49.4 Å². The van der Waals surface area contributed by atoms with E-state index in [4.69, 9.17) is 17.3 Å². The van der Waals surface area contributed by atoms with Gasteiger partial charge in [0.15, 0.2) is 0 Å². The van der Waals surface area contributed by atoms with Gasteiger partial charge in [-0.3, -0.25) is 0 Å². The molecule has 0 fully saturated rings. The lowest BCUT2D eigenvalue weighted by Gasteiger charge is -2.23. The smallest absolute Gasteiger partial charge is 0.128 e. The van der Waals surface area contributed by atoms with Gasteiger partial charge in [0.25, 0.3) is 0 Å². The van der Waals surface area contributed by atoms with Crippen LogP contribution in [0.1, 0.15) is 12.5 Å². The molecule has 100 valence electrons. The van der Waals surface area contributed by atoms with E-state index in [0.717, 1.165) is 12.2 Å². The van der Waals surface area contributed by atoms with Crippen LogP contribution in [0.4, 0.5) is 15.8 Å². The Morgan fingerprint density at radius 3 is 2.47 bits per heavy atom. The van der Waals surface area contributed by atoms with Crippen LogP contribution in [-0.2, 0) is 6.54 Å². The summed E-state index contributed by atoms with van der Waals surface area (Å²) in [6, 6.07) is 12.2. The summed E-state index contributed by atoms with van der Waals surface area (Å²) in [6.07, 6.45) is 0. The molecular formula is C15H16ClFN2. The maximum Gasteiger partial charge on any atom is 0.128 e. The molecule has 0 aliphatic heterocycles. The number of nitrogens with two attached hydrogens (primary N) is 1. The molecule has 2 rings (SSSR count). The van der Waals surface area contributed by atoms with Crippen LogP contribution in [0.3, 0.4) is 0 Å². The second-order valence-corrected chi connectivity index (χ2v) is 4.78. The lowest BCUT2D eigenvalue weighted by atomic mass is 10.1. The van der Waals surface area contributed by atoms with Crippen molar-refractivity contribution >= 4 is 23.0 Å². The van der Waals surface area contributed by atoms with Crippen molar-refractivity contribution in [3.05, 3.63) is 58.9 Å². The molecule has 2 N–H and O–H groups in total. The fourth-order valence-electron chi connectivity index (χ4n) is 1.94. The van der Waals surface area contributed by atoms with Crippen molar-refractivity contribution in [1.29, 1.82) is 0 Å². The summed E-state index contributed by atoms with van der Waals surface area (Å²) in [5.74, 6) is -0.238. The van der Waals surface area contributed by atoms with Gasteiger partial charge >= 0.3 is 0 Å². The number of hydrogen-bond donors (Lipinski definition) is 1. The van der Waals surface area contributed by atoms with Crippen molar-refractivity contribution in [2.24, 2.45) is 0 Å². The maximum atomic E-state index is 13.7. The molecule has 0 aliphatic carbocycles. The lowest BCUT2D eigenvalue weighted by Crippen LogP contribution is -2.22. The SMILES string of the molecule is CCN(Cc1cc(Cl)ccc1F)c1ccc(N)cc1. The zero-order valence-corrected chi connectivity index (χ0v) is 11.5. The Hall–Kier alpha value is -1.74. The van der Waals surface area contributed by atoms with E-state index >= 15 is 0 Å². The first-order valence-electron chi connectivity index (χ1n) is 6.14. The highest BCUT2D eigenvalue weighted by atomic mass is 35.5. The van der Waals surface area contributed by atoms with Gasteiger partial charge in [-0.25, -0.2) is 4.39 Å².